The SMILES string of the molecule is [C-]#[N+]c1ccc(CNC(=O)C(CC2CCCCC2)Nc2cc(-n3cccc3)nc(Nc3cccnc3)n2)cc1. The first kappa shape index (κ1) is 25.9. The molecule has 1 fully saturated rings. The number of carbonyl (C=O) groups excluding carboxylic acids is 1. The molecule has 0 aliphatic heterocycles. The Morgan fingerprint density at radius 3 is 2.56 bits per heavy atom. The summed E-state index contributed by atoms with van der Waals surface area (Å²) in [6.07, 6.45) is 13.9. The minimum Gasteiger partial charge on any atom is -0.358 e. The number of nitrogens with one attached hydrogen (secondary N) is 3. The predicted molar refractivity (Wildman–Crippen MR) is 152 cm³/mol. The average molecular weight is 521 g/mol. The number of anilines is 3. The number of hydrogen-bond donors (Lipinski definition) is 3. The van der Waals surface area contributed by atoms with E-state index in [-0.39, 0.29) is 5.91 Å². The van der Waals surface area contributed by atoms with Gasteiger partial charge >= 0.3 is 0 Å². The van der Waals surface area contributed by atoms with Crippen LogP contribution in [0.3, 0.4) is 0 Å². The van der Waals surface area contributed by atoms with Crippen LogP contribution in [-0.4, -0.2) is 31.5 Å². The van der Waals surface area contributed by atoms with Crippen LogP contribution in [0, 0.1) is 12.5 Å². The maximum Gasteiger partial charge on any atom is 0.242 e. The smallest absolute Gasteiger partial charge is 0.242 e. The highest BCUT2D eigenvalue weighted by Crippen LogP contribution is 2.29. The standard InChI is InChI=1S/C30H32N8O/c1-31-24-13-11-23(12-14-24)20-33-29(39)26(18-22-8-3-2-4-9-22)35-27-19-28(38-16-5-6-17-38)37-30(36-27)34-25-10-7-15-32-21-25/h5-7,10-17,19,21-22,26H,2-4,8-9,18,20H2,(H,33,39)(H2,34,35,36,37). The highest BCUT2D eigenvalue weighted by molar-refractivity contribution is 5.84. The minimum absolute atomic E-state index is 0.0716. The van der Waals surface area contributed by atoms with Crippen molar-refractivity contribution in [2.45, 2.75) is 51.1 Å². The summed E-state index contributed by atoms with van der Waals surface area (Å²) in [4.78, 5) is 30.5. The van der Waals surface area contributed by atoms with Crippen LogP contribution in [-0.2, 0) is 11.3 Å². The van der Waals surface area contributed by atoms with Gasteiger partial charge in [0, 0.05) is 31.2 Å². The molecule has 5 rings (SSSR count). The van der Waals surface area contributed by atoms with Gasteiger partial charge in [-0.05, 0) is 42.2 Å². The molecule has 1 saturated carbocycles. The summed E-state index contributed by atoms with van der Waals surface area (Å²) in [6.45, 7) is 7.53. The van der Waals surface area contributed by atoms with Crippen molar-refractivity contribution in [1.82, 2.24) is 24.8 Å². The molecule has 9 nitrogen and oxygen atoms in total. The molecule has 9 heteroatoms. The van der Waals surface area contributed by atoms with E-state index in [0.717, 1.165) is 30.5 Å². The van der Waals surface area contributed by atoms with Crippen molar-refractivity contribution in [1.29, 1.82) is 0 Å². The quantitative estimate of drug-likeness (QED) is 0.221. The third-order valence-corrected chi connectivity index (χ3v) is 6.96. The Morgan fingerprint density at radius 1 is 1.05 bits per heavy atom. The molecule has 3 aromatic heterocycles. The fourth-order valence-corrected chi connectivity index (χ4v) is 4.92. The van der Waals surface area contributed by atoms with Crippen LogP contribution in [0.2, 0.25) is 0 Å². The number of carbonyl (C=O) groups is 1. The van der Waals surface area contributed by atoms with Gasteiger partial charge in [0.05, 0.1) is 18.5 Å². The van der Waals surface area contributed by atoms with E-state index >= 15 is 0 Å². The minimum atomic E-state index is -0.450. The lowest BCUT2D eigenvalue weighted by atomic mass is 9.84. The number of nitrogens with zero attached hydrogens (tertiary/aromatic N) is 5. The van der Waals surface area contributed by atoms with Crippen LogP contribution in [0.15, 0.2) is 79.4 Å². The second-order valence-electron chi connectivity index (χ2n) is 9.82. The van der Waals surface area contributed by atoms with Crippen LogP contribution in [0.25, 0.3) is 10.7 Å². The zero-order valence-corrected chi connectivity index (χ0v) is 21.8. The van der Waals surface area contributed by atoms with Crippen molar-refractivity contribution >= 4 is 29.0 Å². The summed E-state index contributed by atoms with van der Waals surface area (Å²) < 4.78 is 1.91. The maximum atomic E-state index is 13.5. The van der Waals surface area contributed by atoms with Crippen molar-refractivity contribution in [2.75, 3.05) is 10.6 Å². The van der Waals surface area contributed by atoms with E-state index in [1.54, 1.807) is 24.5 Å². The van der Waals surface area contributed by atoms with E-state index < -0.39 is 6.04 Å². The van der Waals surface area contributed by atoms with Crippen molar-refractivity contribution in [2.24, 2.45) is 5.92 Å². The molecule has 3 N–H and O–H groups in total. The molecule has 4 aromatic rings. The van der Waals surface area contributed by atoms with E-state index in [1.165, 1.54) is 19.3 Å². The molecule has 0 saturated heterocycles. The lowest BCUT2D eigenvalue weighted by Crippen LogP contribution is -2.41. The first-order valence-corrected chi connectivity index (χ1v) is 13.4. The summed E-state index contributed by atoms with van der Waals surface area (Å²) in [5.74, 6) is 2.07. The summed E-state index contributed by atoms with van der Waals surface area (Å²) in [5, 5.41) is 9.76. The Labute approximate surface area is 228 Å². The van der Waals surface area contributed by atoms with Crippen LogP contribution in [0.5, 0.6) is 0 Å². The van der Waals surface area contributed by atoms with E-state index in [2.05, 4.69) is 30.8 Å². The molecule has 0 bridgehead atoms. The van der Waals surface area contributed by atoms with Gasteiger partial charge in [-0.25, -0.2) is 4.85 Å². The molecule has 0 radical (unpaired) electrons. The van der Waals surface area contributed by atoms with Crippen LogP contribution < -0.4 is 16.0 Å². The molecule has 1 aromatic carbocycles. The molecule has 1 aliphatic rings. The Balaban J connectivity index is 1.38. The van der Waals surface area contributed by atoms with Crippen molar-refractivity contribution < 1.29 is 4.79 Å². The van der Waals surface area contributed by atoms with Gasteiger partial charge < -0.3 is 20.5 Å². The molecule has 3 heterocycles. The maximum absolute atomic E-state index is 13.5. The molecule has 1 atom stereocenters. The van der Waals surface area contributed by atoms with E-state index in [1.807, 2.05) is 59.4 Å². The van der Waals surface area contributed by atoms with Gasteiger partial charge in [0.25, 0.3) is 0 Å². The van der Waals surface area contributed by atoms with Gasteiger partial charge in [-0.3, -0.25) is 9.78 Å². The zero-order chi connectivity index (χ0) is 26.9. The fourth-order valence-electron chi connectivity index (χ4n) is 4.92. The predicted octanol–water partition coefficient (Wildman–Crippen LogP) is 6.02. The van der Waals surface area contributed by atoms with Gasteiger partial charge in [0.2, 0.25) is 11.9 Å². The molecule has 1 amide bonds. The summed E-state index contributed by atoms with van der Waals surface area (Å²) >= 11 is 0. The number of aromatic nitrogens is 4. The van der Waals surface area contributed by atoms with Gasteiger partial charge in [-0.15, -0.1) is 0 Å². The average Bonchev–Trinajstić information content (AvgIpc) is 3.52. The van der Waals surface area contributed by atoms with Gasteiger partial charge in [-0.2, -0.15) is 9.97 Å². The Bertz CT molecular complexity index is 1390. The monoisotopic (exact) mass is 520 g/mol. The van der Waals surface area contributed by atoms with Gasteiger partial charge in [0.1, 0.15) is 17.7 Å². The molecule has 0 spiro atoms. The van der Waals surface area contributed by atoms with Crippen LogP contribution >= 0.6 is 0 Å². The van der Waals surface area contributed by atoms with Crippen molar-refractivity contribution in [3.63, 3.8) is 0 Å². The first-order valence-electron chi connectivity index (χ1n) is 13.4. The van der Waals surface area contributed by atoms with E-state index in [4.69, 9.17) is 11.6 Å². The van der Waals surface area contributed by atoms with Crippen LogP contribution in [0.1, 0.15) is 44.1 Å². The second kappa shape index (κ2) is 12.7. The zero-order valence-electron chi connectivity index (χ0n) is 21.8. The van der Waals surface area contributed by atoms with Gasteiger partial charge in [-0.1, -0.05) is 56.4 Å². The number of rotatable bonds is 10. The largest absolute Gasteiger partial charge is 0.358 e. The second-order valence-corrected chi connectivity index (χ2v) is 9.82. The van der Waals surface area contributed by atoms with Crippen molar-refractivity contribution in [3.05, 3.63) is 96.4 Å². The van der Waals surface area contributed by atoms with Crippen molar-refractivity contribution in [3.8, 4) is 5.82 Å². The molecule has 1 aliphatic carbocycles. The molecular formula is C30H32N8O. The fraction of sp³-hybridized carbons (Fsp3) is 0.300. The topological polar surface area (TPSA) is 101 Å². The molecule has 39 heavy (non-hydrogen) atoms. The lowest BCUT2D eigenvalue weighted by molar-refractivity contribution is -0.122. The highest BCUT2D eigenvalue weighted by Gasteiger charge is 2.25. The normalized spacial score (nSPS) is 14.2. The Kier molecular flexibility index (Phi) is 8.44. The molecule has 1 unspecified atom stereocenters. The number of benzene rings is 1. The summed E-state index contributed by atoms with van der Waals surface area (Å²) in [6, 6.07) is 16.3. The number of amides is 1. The summed E-state index contributed by atoms with van der Waals surface area (Å²) in [5.41, 5.74) is 2.31. The van der Waals surface area contributed by atoms with E-state index in [0.29, 0.717) is 35.7 Å². The van der Waals surface area contributed by atoms with Gasteiger partial charge in [0.15, 0.2) is 5.69 Å². The number of hydrogen-bond acceptors (Lipinski definition) is 6. The third kappa shape index (κ3) is 7.20. The lowest BCUT2D eigenvalue weighted by Gasteiger charge is -2.27. The van der Waals surface area contributed by atoms with E-state index in [9.17, 15) is 4.79 Å². The number of pyridine rings is 1. The van der Waals surface area contributed by atoms with Crippen LogP contribution in [0.4, 0.5) is 23.1 Å². The third-order valence-electron chi connectivity index (χ3n) is 6.96. The Morgan fingerprint density at radius 2 is 1.85 bits per heavy atom. The first-order chi connectivity index (χ1) is 19.2. The molecular weight excluding hydrogens is 488 g/mol. The Hall–Kier alpha value is -4.71. The highest BCUT2D eigenvalue weighted by atomic mass is 16.2. The molecule has 198 valence electrons. The summed E-state index contributed by atoms with van der Waals surface area (Å²) in [7, 11) is 0.